The number of para-hydroxylation sites is 1. The highest BCUT2D eigenvalue weighted by Gasteiger charge is 2.33. The summed E-state index contributed by atoms with van der Waals surface area (Å²) in [5.41, 5.74) is 2.05. The first-order chi connectivity index (χ1) is 17.7. The third kappa shape index (κ3) is 6.99. The number of carbonyl (C=O) groups is 2. The largest absolute Gasteiger partial charge is 0.355 e. The molecule has 0 saturated heterocycles. The summed E-state index contributed by atoms with van der Waals surface area (Å²) in [6.45, 7) is 5.50. The molecule has 0 aromatic heterocycles. The topological polar surface area (TPSA) is 86.8 Å². The second-order valence-electron chi connectivity index (χ2n) is 8.53. The van der Waals surface area contributed by atoms with Gasteiger partial charge in [-0.2, -0.15) is 0 Å². The molecule has 1 atom stereocenters. The first kappa shape index (κ1) is 28.4. The summed E-state index contributed by atoms with van der Waals surface area (Å²) < 4.78 is 29.7. The van der Waals surface area contributed by atoms with E-state index in [2.05, 4.69) is 21.2 Å². The van der Waals surface area contributed by atoms with E-state index in [0.717, 1.165) is 19.9 Å². The number of hydrogen-bond acceptors (Lipinski definition) is 4. The van der Waals surface area contributed by atoms with Crippen molar-refractivity contribution in [1.29, 1.82) is 0 Å². The molecule has 0 heterocycles. The minimum Gasteiger partial charge on any atom is -0.355 e. The molecule has 196 valence electrons. The molecule has 3 aromatic rings. The number of rotatable bonds is 11. The molecule has 0 unspecified atom stereocenters. The zero-order valence-corrected chi connectivity index (χ0v) is 23.6. The minimum absolute atomic E-state index is 0.0871. The number of anilines is 1. The van der Waals surface area contributed by atoms with Gasteiger partial charge >= 0.3 is 0 Å². The van der Waals surface area contributed by atoms with Gasteiger partial charge in [0.05, 0.1) is 10.6 Å². The Kier molecular flexibility index (Phi) is 9.88. The van der Waals surface area contributed by atoms with Crippen molar-refractivity contribution in [2.75, 3.05) is 17.4 Å². The van der Waals surface area contributed by atoms with E-state index in [1.54, 1.807) is 44.2 Å². The number of hydrogen-bond donors (Lipinski definition) is 1. The molecular weight excluding hydrogens is 554 g/mol. The molecule has 0 fully saturated rings. The third-order valence-electron chi connectivity index (χ3n) is 6.01. The Labute approximate surface area is 227 Å². The summed E-state index contributed by atoms with van der Waals surface area (Å²) in [5, 5.41) is 2.76. The van der Waals surface area contributed by atoms with Crippen molar-refractivity contribution >= 4 is 43.5 Å². The van der Waals surface area contributed by atoms with E-state index in [1.165, 1.54) is 17.0 Å². The quantitative estimate of drug-likeness (QED) is 0.351. The van der Waals surface area contributed by atoms with Crippen LogP contribution in [0, 0.1) is 0 Å². The summed E-state index contributed by atoms with van der Waals surface area (Å²) in [6.07, 6.45) is 0.586. The van der Waals surface area contributed by atoms with Crippen LogP contribution in [-0.4, -0.2) is 44.3 Å². The molecule has 1 N–H and O–H groups in total. The molecule has 0 spiro atoms. The van der Waals surface area contributed by atoms with Gasteiger partial charge in [0.2, 0.25) is 11.8 Å². The van der Waals surface area contributed by atoms with E-state index in [1.807, 2.05) is 43.3 Å². The van der Waals surface area contributed by atoms with Gasteiger partial charge in [0.1, 0.15) is 12.6 Å². The van der Waals surface area contributed by atoms with Gasteiger partial charge < -0.3 is 10.2 Å². The van der Waals surface area contributed by atoms with Crippen LogP contribution in [-0.2, 0) is 32.6 Å². The average Bonchev–Trinajstić information content (AvgIpc) is 2.90. The Balaban J connectivity index is 2.06. The maximum Gasteiger partial charge on any atom is 0.264 e. The molecule has 0 aliphatic carbocycles. The van der Waals surface area contributed by atoms with Crippen molar-refractivity contribution in [2.45, 2.75) is 44.7 Å². The van der Waals surface area contributed by atoms with E-state index in [0.29, 0.717) is 18.7 Å². The Hall–Kier alpha value is -3.17. The second-order valence-corrected chi connectivity index (χ2v) is 11.3. The van der Waals surface area contributed by atoms with Crippen molar-refractivity contribution in [3.63, 3.8) is 0 Å². The fourth-order valence-electron chi connectivity index (χ4n) is 4.02. The van der Waals surface area contributed by atoms with Crippen LogP contribution in [0.25, 0.3) is 0 Å². The van der Waals surface area contributed by atoms with E-state index >= 15 is 0 Å². The maximum absolute atomic E-state index is 13.9. The molecule has 0 aliphatic heterocycles. The summed E-state index contributed by atoms with van der Waals surface area (Å²) >= 11 is 3.45. The zero-order chi connectivity index (χ0) is 27.0. The van der Waals surface area contributed by atoms with Crippen LogP contribution in [0.2, 0.25) is 0 Å². The molecule has 3 rings (SSSR count). The molecule has 2 amide bonds. The summed E-state index contributed by atoms with van der Waals surface area (Å²) in [4.78, 5) is 28.2. The van der Waals surface area contributed by atoms with Crippen LogP contribution in [0.5, 0.6) is 0 Å². The lowest BCUT2D eigenvalue weighted by Gasteiger charge is -2.32. The van der Waals surface area contributed by atoms with Crippen LogP contribution in [0.3, 0.4) is 0 Å². The number of halogens is 1. The second kappa shape index (κ2) is 12.9. The number of likely N-dealkylation sites (N-methyl/N-ethyl adjacent to an activating group) is 1. The Morgan fingerprint density at radius 2 is 1.62 bits per heavy atom. The van der Waals surface area contributed by atoms with Crippen LogP contribution >= 0.6 is 15.9 Å². The molecule has 9 heteroatoms. The average molecular weight is 587 g/mol. The summed E-state index contributed by atoms with van der Waals surface area (Å²) in [5.74, 6) is -0.790. The van der Waals surface area contributed by atoms with E-state index in [9.17, 15) is 18.0 Å². The standard InChI is InChI=1S/C28H32BrN3O4S/c1-4-23-13-9-10-17-26(23)32(37(35,36)25-15-7-6-8-16-25)20-27(33)31(21(3)28(34)30-5-2)19-22-12-11-14-24(29)18-22/h6-18,21H,4-5,19-20H2,1-3H3,(H,30,34)/t21-/m0/s1. The molecule has 0 aliphatic rings. The summed E-state index contributed by atoms with van der Waals surface area (Å²) in [7, 11) is -4.07. The van der Waals surface area contributed by atoms with Gasteiger partial charge in [0.25, 0.3) is 10.0 Å². The number of carbonyl (C=O) groups excluding carboxylic acids is 2. The summed E-state index contributed by atoms with van der Waals surface area (Å²) in [6, 6.07) is 21.9. The zero-order valence-electron chi connectivity index (χ0n) is 21.2. The predicted molar refractivity (Wildman–Crippen MR) is 150 cm³/mol. The highest BCUT2D eigenvalue weighted by atomic mass is 79.9. The minimum atomic E-state index is -4.07. The highest BCUT2D eigenvalue weighted by molar-refractivity contribution is 9.10. The molecule has 0 bridgehead atoms. The SMILES string of the molecule is CCNC(=O)[C@H](C)N(Cc1cccc(Br)c1)C(=O)CN(c1ccccc1CC)S(=O)(=O)c1ccccc1. The fraction of sp³-hybridized carbons (Fsp3) is 0.286. The van der Waals surface area contributed by atoms with E-state index in [4.69, 9.17) is 0 Å². The molecular formula is C28H32BrN3O4S. The number of benzene rings is 3. The van der Waals surface area contributed by atoms with Gasteiger partial charge in [0, 0.05) is 17.6 Å². The molecule has 7 nitrogen and oxygen atoms in total. The Morgan fingerprint density at radius 1 is 0.946 bits per heavy atom. The van der Waals surface area contributed by atoms with E-state index in [-0.39, 0.29) is 17.3 Å². The van der Waals surface area contributed by atoms with Crippen molar-refractivity contribution in [1.82, 2.24) is 10.2 Å². The molecule has 0 radical (unpaired) electrons. The van der Waals surface area contributed by atoms with Crippen LogP contribution in [0.1, 0.15) is 31.9 Å². The number of aryl methyl sites for hydroxylation is 1. The van der Waals surface area contributed by atoms with Gasteiger partial charge in [-0.15, -0.1) is 0 Å². The van der Waals surface area contributed by atoms with Crippen LogP contribution in [0.15, 0.2) is 88.2 Å². The van der Waals surface area contributed by atoms with Crippen molar-refractivity contribution in [3.05, 3.63) is 94.5 Å². The maximum atomic E-state index is 13.9. The Morgan fingerprint density at radius 3 is 2.27 bits per heavy atom. The molecule has 3 aromatic carbocycles. The van der Waals surface area contributed by atoms with Crippen molar-refractivity contribution in [2.24, 2.45) is 0 Å². The molecule has 0 saturated carbocycles. The number of sulfonamides is 1. The predicted octanol–water partition coefficient (Wildman–Crippen LogP) is 4.76. The number of amides is 2. The van der Waals surface area contributed by atoms with Crippen LogP contribution < -0.4 is 9.62 Å². The van der Waals surface area contributed by atoms with Crippen molar-refractivity contribution < 1.29 is 18.0 Å². The lowest BCUT2D eigenvalue weighted by molar-refractivity contribution is -0.139. The fourth-order valence-corrected chi connectivity index (χ4v) is 5.94. The lowest BCUT2D eigenvalue weighted by Crippen LogP contribution is -2.51. The van der Waals surface area contributed by atoms with E-state index < -0.39 is 28.5 Å². The monoisotopic (exact) mass is 585 g/mol. The van der Waals surface area contributed by atoms with Crippen LogP contribution in [0.4, 0.5) is 5.69 Å². The van der Waals surface area contributed by atoms with Gasteiger partial charge in [0.15, 0.2) is 0 Å². The normalized spacial score (nSPS) is 12.0. The first-order valence-corrected chi connectivity index (χ1v) is 14.4. The number of nitrogens with one attached hydrogen (secondary N) is 1. The number of nitrogens with zero attached hydrogens (tertiary/aromatic N) is 2. The molecule has 37 heavy (non-hydrogen) atoms. The van der Waals surface area contributed by atoms with Gasteiger partial charge in [-0.3, -0.25) is 13.9 Å². The van der Waals surface area contributed by atoms with Gasteiger partial charge in [-0.1, -0.05) is 71.4 Å². The third-order valence-corrected chi connectivity index (χ3v) is 8.28. The van der Waals surface area contributed by atoms with Gasteiger partial charge in [-0.05, 0) is 61.7 Å². The van der Waals surface area contributed by atoms with Crippen molar-refractivity contribution in [3.8, 4) is 0 Å². The highest BCUT2D eigenvalue weighted by Crippen LogP contribution is 2.28. The smallest absolute Gasteiger partial charge is 0.264 e. The van der Waals surface area contributed by atoms with Gasteiger partial charge in [-0.25, -0.2) is 8.42 Å². The Bertz CT molecular complexity index is 1330. The lowest BCUT2D eigenvalue weighted by atomic mass is 10.1. The first-order valence-electron chi connectivity index (χ1n) is 12.2.